The summed E-state index contributed by atoms with van der Waals surface area (Å²) in [6.45, 7) is 2.92. The van der Waals surface area contributed by atoms with Crippen LogP contribution >= 0.6 is 15.9 Å². The number of anilines is 1. The maximum absolute atomic E-state index is 12.2. The number of hydrogen-bond acceptors (Lipinski definition) is 2. The Balaban J connectivity index is 2.55. The van der Waals surface area contributed by atoms with Crippen LogP contribution in [0.1, 0.15) is 17.3 Å². The molecule has 1 unspecified atom stereocenters. The summed E-state index contributed by atoms with van der Waals surface area (Å²) in [4.78, 5) is 16.1. The molecule has 2 rings (SSSR count). The number of amides is 1. The van der Waals surface area contributed by atoms with Crippen molar-refractivity contribution in [3.63, 3.8) is 0 Å². The molecule has 0 aromatic heterocycles. The third-order valence-electron chi connectivity index (χ3n) is 3.12. The van der Waals surface area contributed by atoms with Gasteiger partial charge in [0.05, 0.1) is 11.3 Å². The number of nitrogens with zero attached hydrogens (tertiary/aromatic N) is 2. The van der Waals surface area contributed by atoms with E-state index in [1.54, 1.807) is 4.90 Å². The molecule has 16 heavy (non-hydrogen) atoms. The number of likely N-dealkylation sites (N-methyl/N-ethyl adjacent to an activating group) is 2. The molecular weight excluding hydrogens is 268 g/mol. The molecule has 86 valence electrons. The Hall–Kier alpha value is -1.03. The summed E-state index contributed by atoms with van der Waals surface area (Å²) in [7, 11) is 3.88. The molecule has 1 amide bonds. The van der Waals surface area contributed by atoms with Crippen molar-refractivity contribution in [3.05, 3.63) is 28.2 Å². The molecule has 0 aliphatic carbocycles. The van der Waals surface area contributed by atoms with Gasteiger partial charge in [0.1, 0.15) is 0 Å². The van der Waals surface area contributed by atoms with Crippen LogP contribution in [-0.4, -0.2) is 37.5 Å². The van der Waals surface area contributed by atoms with Gasteiger partial charge in [0.25, 0.3) is 5.91 Å². The summed E-state index contributed by atoms with van der Waals surface area (Å²) in [5, 5.41) is 0. The van der Waals surface area contributed by atoms with Crippen molar-refractivity contribution in [1.29, 1.82) is 0 Å². The zero-order valence-electron chi connectivity index (χ0n) is 9.70. The lowest BCUT2D eigenvalue weighted by atomic mass is 10.1. The van der Waals surface area contributed by atoms with Crippen LogP contribution in [-0.2, 0) is 0 Å². The van der Waals surface area contributed by atoms with Gasteiger partial charge in [-0.25, -0.2) is 0 Å². The molecule has 1 aliphatic heterocycles. The van der Waals surface area contributed by atoms with Crippen molar-refractivity contribution in [1.82, 2.24) is 4.90 Å². The van der Waals surface area contributed by atoms with Crippen LogP contribution in [0.25, 0.3) is 0 Å². The highest BCUT2D eigenvalue weighted by Crippen LogP contribution is 2.28. The predicted octanol–water partition coefficient (Wildman–Crippen LogP) is 2.36. The van der Waals surface area contributed by atoms with Gasteiger partial charge in [-0.15, -0.1) is 0 Å². The van der Waals surface area contributed by atoms with Gasteiger partial charge in [-0.05, 0) is 25.1 Å². The highest BCUT2D eigenvalue weighted by atomic mass is 79.9. The first-order valence-corrected chi connectivity index (χ1v) is 6.08. The van der Waals surface area contributed by atoms with E-state index >= 15 is 0 Å². The Morgan fingerprint density at radius 1 is 1.38 bits per heavy atom. The van der Waals surface area contributed by atoms with Gasteiger partial charge < -0.3 is 9.80 Å². The minimum absolute atomic E-state index is 0.0966. The molecular formula is C12H15BrN2O. The first-order valence-electron chi connectivity index (χ1n) is 5.28. The van der Waals surface area contributed by atoms with Crippen molar-refractivity contribution in [2.75, 3.05) is 25.5 Å². The van der Waals surface area contributed by atoms with Gasteiger partial charge in [-0.2, -0.15) is 0 Å². The van der Waals surface area contributed by atoms with E-state index in [4.69, 9.17) is 0 Å². The van der Waals surface area contributed by atoms with Crippen molar-refractivity contribution < 1.29 is 4.79 Å². The van der Waals surface area contributed by atoms with E-state index in [1.807, 2.05) is 32.3 Å². The van der Waals surface area contributed by atoms with E-state index in [-0.39, 0.29) is 11.9 Å². The monoisotopic (exact) mass is 282 g/mol. The molecule has 1 aliphatic rings. The van der Waals surface area contributed by atoms with Crippen molar-refractivity contribution >= 4 is 27.5 Å². The Bertz CT molecular complexity index is 433. The third kappa shape index (κ3) is 1.82. The zero-order chi connectivity index (χ0) is 11.9. The fraction of sp³-hybridized carbons (Fsp3) is 0.417. The van der Waals surface area contributed by atoms with Crippen LogP contribution in [0, 0.1) is 0 Å². The second-order valence-corrected chi connectivity index (χ2v) is 5.22. The largest absolute Gasteiger partial charge is 0.372 e. The molecule has 0 saturated heterocycles. The average molecular weight is 283 g/mol. The van der Waals surface area contributed by atoms with Crippen LogP contribution in [0.3, 0.4) is 0 Å². The Morgan fingerprint density at radius 3 is 2.75 bits per heavy atom. The fourth-order valence-corrected chi connectivity index (χ4v) is 2.36. The molecule has 1 heterocycles. The van der Waals surface area contributed by atoms with E-state index < -0.39 is 0 Å². The van der Waals surface area contributed by atoms with Gasteiger partial charge >= 0.3 is 0 Å². The lowest BCUT2D eigenvalue weighted by molar-refractivity contribution is 0.0756. The maximum Gasteiger partial charge on any atom is 0.256 e. The summed E-state index contributed by atoms with van der Waals surface area (Å²) in [5.74, 6) is 0.0966. The molecule has 1 atom stereocenters. The summed E-state index contributed by atoms with van der Waals surface area (Å²) in [6, 6.07) is 6.02. The summed E-state index contributed by atoms with van der Waals surface area (Å²) >= 11 is 3.44. The number of halogens is 1. The second kappa shape index (κ2) is 4.09. The van der Waals surface area contributed by atoms with Gasteiger partial charge in [0.15, 0.2) is 0 Å². The van der Waals surface area contributed by atoms with Gasteiger partial charge in [-0.3, -0.25) is 4.79 Å². The van der Waals surface area contributed by atoms with Crippen LogP contribution in [0.4, 0.5) is 5.69 Å². The Morgan fingerprint density at radius 2 is 2.06 bits per heavy atom. The van der Waals surface area contributed by atoms with Crippen molar-refractivity contribution in [2.24, 2.45) is 0 Å². The number of hydrogen-bond donors (Lipinski definition) is 0. The van der Waals surface area contributed by atoms with Crippen molar-refractivity contribution in [3.8, 4) is 0 Å². The van der Waals surface area contributed by atoms with Crippen LogP contribution in [0.5, 0.6) is 0 Å². The SMILES string of the molecule is CC1CN(C)c2cc(Br)ccc2C(=O)N1C. The minimum Gasteiger partial charge on any atom is -0.372 e. The van der Waals surface area contributed by atoms with Crippen molar-refractivity contribution in [2.45, 2.75) is 13.0 Å². The molecule has 0 fully saturated rings. The predicted molar refractivity (Wildman–Crippen MR) is 69.0 cm³/mol. The van der Waals surface area contributed by atoms with Gasteiger partial charge in [-0.1, -0.05) is 15.9 Å². The highest BCUT2D eigenvalue weighted by molar-refractivity contribution is 9.10. The molecule has 0 bridgehead atoms. The molecule has 1 aromatic rings. The number of carbonyl (C=O) groups is 1. The first kappa shape index (κ1) is 11.5. The third-order valence-corrected chi connectivity index (χ3v) is 3.61. The molecule has 0 spiro atoms. The summed E-state index contributed by atoms with van der Waals surface area (Å²) in [6.07, 6.45) is 0. The van der Waals surface area contributed by atoms with Gasteiger partial charge in [0.2, 0.25) is 0 Å². The summed E-state index contributed by atoms with van der Waals surface area (Å²) in [5.41, 5.74) is 1.77. The second-order valence-electron chi connectivity index (χ2n) is 4.31. The standard InChI is InChI=1S/C12H15BrN2O/c1-8-7-14(2)11-6-9(13)4-5-10(11)12(16)15(8)3/h4-6,8H,7H2,1-3H3. The Kier molecular flexibility index (Phi) is 2.93. The summed E-state index contributed by atoms with van der Waals surface area (Å²) < 4.78 is 1.00. The quantitative estimate of drug-likeness (QED) is 0.729. The molecule has 3 nitrogen and oxygen atoms in total. The smallest absolute Gasteiger partial charge is 0.256 e. The lowest BCUT2D eigenvalue weighted by Gasteiger charge is -2.24. The van der Waals surface area contributed by atoms with E-state index in [2.05, 4.69) is 27.8 Å². The van der Waals surface area contributed by atoms with E-state index in [0.29, 0.717) is 0 Å². The van der Waals surface area contributed by atoms with Gasteiger partial charge in [0, 0.05) is 31.2 Å². The number of fused-ring (bicyclic) bond motifs is 1. The molecule has 0 radical (unpaired) electrons. The first-order chi connectivity index (χ1) is 7.50. The van der Waals surface area contributed by atoms with Crippen LogP contribution < -0.4 is 4.90 Å². The van der Waals surface area contributed by atoms with Crippen LogP contribution in [0.15, 0.2) is 22.7 Å². The zero-order valence-corrected chi connectivity index (χ0v) is 11.3. The van der Waals surface area contributed by atoms with Crippen LogP contribution in [0.2, 0.25) is 0 Å². The lowest BCUT2D eigenvalue weighted by Crippen LogP contribution is -2.38. The average Bonchev–Trinajstić information content (AvgIpc) is 2.32. The molecule has 1 aromatic carbocycles. The molecule has 4 heteroatoms. The fourth-order valence-electron chi connectivity index (χ4n) is 2.01. The molecule has 0 saturated carbocycles. The van der Waals surface area contributed by atoms with E-state index in [9.17, 15) is 4.79 Å². The highest BCUT2D eigenvalue weighted by Gasteiger charge is 2.26. The number of benzene rings is 1. The minimum atomic E-state index is 0.0966. The number of carbonyl (C=O) groups excluding carboxylic acids is 1. The number of rotatable bonds is 0. The van der Waals surface area contributed by atoms with E-state index in [0.717, 1.165) is 22.3 Å². The Labute approximate surface area is 104 Å². The normalized spacial score (nSPS) is 20.8. The van der Waals surface area contributed by atoms with E-state index in [1.165, 1.54) is 0 Å². The topological polar surface area (TPSA) is 23.6 Å². The molecule has 0 N–H and O–H groups in total. The maximum atomic E-state index is 12.2.